The fourth-order valence-electron chi connectivity index (χ4n) is 2.92. The monoisotopic (exact) mass is 300 g/mol. The minimum absolute atomic E-state index is 0.0625. The van der Waals surface area contributed by atoms with E-state index < -0.39 is 5.60 Å². The lowest BCUT2D eigenvalue weighted by atomic mass is 9.83. The Kier molecular flexibility index (Phi) is 4.03. The maximum absolute atomic E-state index is 11.9. The van der Waals surface area contributed by atoms with Gasteiger partial charge in [0.15, 0.2) is 12.4 Å². The van der Waals surface area contributed by atoms with E-state index in [4.69, 9.17) is 14.2 Å². The molecule has 0 aromatic heterocycles. The quantitative estimate of drug-likeness (QED) is 0.839. The minimum atomic E-state index is -0.491. The summed E-state index contributed by atoms with van der Waals surface area (Å²) in [5, 5.41) is 0. The molecule has 0 radical (unpaired) electrons. The van der Waals surface area contributed by atoms with Crippen LogP contribution in [0.4, 0.5) is 0 Å². The first-order valence-corrected chi connectivity index (χ1v) is 7.51. The highest BCUT2D eigenvalue weighted by atomic mass is 16.5. The lowest BCUT2D eigenvalue weighted by Crippen LogP contribution is -2.35. The zero-order chi connectivity index (χ0) is 15.6. The van der Waals surface area contributed by atoms with Crippen molar-refractivity contribution in [3.8, 4) is 5.75 Å². The number of carbonyl (C=O) groups excluding carboxylic acids is 1. The number of ether oxygens (including phenoxy) is 3. The molecule has 1 aromatic rings. The first kappa shape index (κ1) is 14.9. The maximum Gasteiger partial charge on any atom is 0.200 e. The molecule has 0 spiro atoms. The summed E-state index contributed by atoms with van der Waals surface area (Å²) in [6.45, 7) is 2.77. The molecule has 0 saturated heterocycles. The Bertz CT molecular complexity index is 627. The van der Waals surface area contributed by atoms with Crippen LogP contribution in [0.5, 0.6) is 5.75 Å². The first-order chi connectivity index (χ1) is 10.7. The summed E-state index contributed by atoms with van der Waals surface area (Å²) in [6.07, 6.45) is 5.13. The Morgan fingerprint density at radius 2 is 2.05 bits per heavy atom. The van der Waals surface area contributed by atoms with Gasteiger partial charge in [0.05, 0.1) is 12.2 Å². The molecule has 1 aliphatic heterocycles. The fourth-order valence-corrected chi connectivity index (χ4v) is 2.92. The molecule has 22 heavy (non-hydrogen) atoms. The second-order valence-corrected chi connectivity index (χ2v) is 5.59. The lowest BCUT2D eigenvalue weighted by molar-refractivity contribution is -0.117. The Hall–Kier alpha value is -2.07. The van der Waals surface area contributed by atoms with Crippen molar-refractivity contribution in [2.75, 3.05) is 20.3 Å². The maximum atomic E-state index is 11.9. The minimum Gasteiger partial charge on any atom is -0.494 e. The van der Waals surface area contributed by atoms with E-state index >= 15 is 0 Å². The van der Waals surface area contributed by atoms with Crippen LogP contribution in [0.3, 0.4) is 0 Å². The number of Topliss-reactive ketones (excluding diaryl/α,β-unsaturated/α-hetero) is 1. The summed E-state index contributed by atoms with van der Waals surface area (Å²) in [7, 11) is 1.69. The van der Waals surface area contributed by atoms with Gasteiger partial charge in [-0.25, -0.2) is 0 Å². The molecule has 0 N–H and O–H groups in total. The molecular formula is C18H20O4. The van der Waals surface area contributed by atoms with Crippen molar-refractivity contribution in [1.29, 1.82) is 0 Å². The molecular weight excluding hydrogens is 280 g/mol. The molecule has 0 bridgehead atoms. The molecule has 0 saturated carbocycles. The average molecular weight is 300 g/mol. The number of hydrogen-bond acceptors (Lipinski definition) is 4. The molecule has 1 aliphatic carbocycles. The van der Waals surface area contributed by atoms with Gasteiger partial charge in [0.25, 0.3) is 0 Å². The lowest BCUT2D eigenvalue weighted by Gasteiger charge is -2.32. The van der Waals surface area contributed by atoms with Gasteiger partial charge in [-0.05, 0) is 36.8 Å². The summed E-state index contributed by atoms with van der Waals surface area (Å²) in [6, 6.07) is 8.00. The van der Waals surface area contributed by atoms with Crippen LogP contribution in [0.2, 0.25) is 0 Å². The van der Waals surface area contributed by atoms with E-state index in [-0.39, 0.29) is 12.4 Å². The number of hydrogen-bond donors (Lipinski definition) is 0. The van der Waals surface area contributed by atoms with Gasteiger partial charge in [0.2, 0.25) is 0 Å². The van der Waals surface area contributed by atoms with E-state index in [1.54, 1.807) is 7.11 Å². The van der Waals surface area contributed by atoms with Crippen LogP contribution in [0, 0.1) is 0 Å². The zero-order valence-corrected chi connectivity index (χ0v) is 12.9. The fraction of sp³-hybridized carbons (Fsp3) is 0.389. The highest BCUT2D eigenvalue weighted by Crippen LogP contribution is 2.36. The van der Waals surface area contributed by atoms with Gasteiger partial charge in [-0.15, -0.1) is 0 Å². The van der Waals surface area contributed by atoms with Crippen LogP contribution in [-0.4, -0.2) is 31.7 Å². The van der Waals surface area contributed by atoms with Gasteiger partial charge in [-0.1, -0.05) is 12.1 Å². The topological polar surface area (TPSA) is 44.8 Å². The highest BCUT2D eigenvalue weighted by Gasteiger charge is 2.37. The third-order valence-corrected chi connectivity index (χ3v) is 4.15. The van der Waals surface area contributed by atoms with E-state index in [9.17, 15) is 4.79 Å². The summed E-state index contributed by atoms with van der Waals surface area (Å²) in [5.41, 5.74) is 1.40. The van der Waals surface area contributed by atoms with Crippen molar-refractivity contribution in [3.63, 3.8) is 0 Å². The van der Waals surface area contributed by atoms with E-state index in [0.717, 1.165) is 16.9 Å². The van der Waals surface area contributed by atoms with Crippen LogP contribution in [0.15, 0.2) is 47.7 Å². The SMILES string of the molecule is CCOc1ccc(CC2(OC)C=CC3=C(C2)C(=O)CO3)cc1. The number of methoxy groups -OCH3 is 1. The predicted molar refractivity (Wildman–Crippen MR) is 82.8 cm³/mol. The molecule has 1 aromatic carbocycles. The number of allylic oxidation sites excluding steroid dienone is 1. The summed E-state index contributed by atoms with van der Waals surface area (Å²) in [4.78, 5) is 11.9. The number of rotatable bonds is 5. The molecule has 0 amide bonds. The van der Waals surface area contributed by atoms with Crippen molar-refractivity contribution < 1.29 is 19.0 Å². The van der Waals surface area contributed by atoms with Gasteiger partial charge in [0.1, 0.15) is 11.5 Å². The second kappa shape index (κ2) is 5.97. The molecule has 1 atom stereocenters. The van der Waals surface area contributed by atoms with Gasteiger partial charge in [-0.2, -0.15) is 0 Å². The normalized spacial score (nSPS) is 23.5. The van der Waals surface area contributed by atoms with Crippen LogP contribution < -0.4 is 4.74 Å². The van der Waals surface area contributed by atoms with Crippen molar-refractivity contribution in [3.05, 3.63) is 53.3 Å². The molecule has 1 heterocycles. The summed E-state index contributed by atoms with van der Waals surface area (Å²) in [5.74, 6) is 1.62. The summed E-state index contributed by atoms with van der Waals surface area (Å²) >= 11 is 0. The summed E-state index contributed by atoms with van der Waals surface area (Å²) < 4.78 is 16.6. The first-order valence-electron chi connectivity index (χ1n) is 7.51. The molecule has 4 heteroatoms. The largest absolute Gasteiger partial charge is 0.494 e. The number of ketones is 1. The van der Waals surface area contributed by atoms with Crippen LogP contribution in [0.1, 0.15) is 18.9 Å². The Morgan fingerprint density at radius 3 is 2.73 bits per heavy atom. The number of benzene rings is 1. The van der Waals surface area contributed by atoms with Crippen molar-refractivity contribution >= 4 is 5.78 Å². The second-order valence-electron chi connectivity index (χ2n) is 5.59. The van der Waals surface area contributed by atoms with Crippen LogP contribution >= 0.6 is 0 Å². The third-order valence-electron chi connectivity index (χ3n) is 4.15. The molecule has 116 valence electrons. The number of carbonyl (C=O) groups is 1. The predicted octanol–water partition coefficient (Wildman–Crippen LogP) is 2.83. The van der Waals surface area contributed by atoms with Crippen LogP contribution in [-0.2, 0) is 20.7 Å². The Labute approximate surface area is 130 Å². The van der Waals surface area contributed by atoms with Crippen molar-refractivity contribution in [2.24, 2.45) is 0 Å². The molecule has 0 fully saturated rings. The molecule has 2 aliphatic rings. The van der Waals surface area contributed by atoms with E-state index in [1.165, 1.54) is 0 Å². The molecule has 3 rings (SSSR count). The Morgan fingerprint density at radius 1 is 1.27 bits per heavy atom. The molecule has 4 nitrogen and oxygen atoms in total. The highest BCUT2D eigenvalue weighted by molar-refractivity contribution is 5.99. The third kappa shape index (κ3) is 2.79. The smallest absolute Gasteiger partial charge is 0.200 e. The zero-order valence-electron chi connectivity index (χ0n) is 12.9. The van der Waals surface area contributed by atoms with Gasteiger partial charge in [-0.3, -0.25) is 4.79 Å². The van der Waals surface area contributed by atoms with E-state index in [1.807, 2.05) is 43.3 Å². The van der Waals surface area contributed by atoms with E-state index in [2.05, 4.69) is 0 Å². The standard InChI is InChI=1S/C18H20O4/c1-3-21-14-6-4-13(5-7-14)10-18(20-2)9-8-17-15(11-18)16(19)12-22-17/h4-9H,3,10-12H2,1-2H3. The van der Waals surface area contributed by atoms with Crippen LogP contribution in [0.25, 0.3) is 0 Å². The average Bonchev–Trinajstić information content (AvgIpc) is 2.90. The van der Waals surface area contributed by atoms with Crippen molar-refractivity contribution in [2.45, 2.75) is 25.4 Å². The Balaban J connectivity index is 1.77. The van der Waals surface area contributed by atoms with Gasteiger partial charge < -0.3 is 14.2 Å². The molecule has 1 unspecified atom stereocenters. The van der Waals surface area contributed by atoms with Gasteiger partial charge >= 0.3 is 0 Å². The van der Waals surface area contributed by atoms with E-state index in [0.29, 0.717) is 25.2 Å². The van der Waals surface area contributed by atoms with Gasteiger partial charge in [0, 0.05) is 25.5 Å². The van der Waals surface area contributed by atoms with Crippen molar-refractivity contribution in [1.82, 2.24) is 0 Å².